The van der Waals surface area contributed by atoms with E-state index in [1.807, 2.05) is 0 Å². The molecular weight excluding hydrogens is 208 g/mol. The highest BCUT2D eigenvalue weighted by Crippen LogP contribution is 2.33. The van der Waals surface area contributed by atoms with Crippen LogP contribution in [0.1, 0.15) is 26.3 Å². The van der Waals surface area contributed by atoms with Crippen LogP contribution in [0.4, 0.5) is 5.82 Å². The average Bonchev–Trinajstić information content (AvgIpc) is 2.68. The Morgan fingerprint density at radius 2 is 1.94 bits per heavy atom. The molecule has 1 aliphatic heterocycles. The highest BCUT2D eigenvalue weighted by Gasteiger charge is 2.29. The van der Waals surface area contributed by atoms with Crippen LogP contribution in [0.2, 0.25) is 0 Å². The van der Waals surface area contributed by atoms with E-state index < -0.39 is 0 Å². The minimum atomic E-state index is 0.153. The Morgan fingerprint density at radius 3 is 2.71 bits per heavy atom. The van der Waals surface area contributed by atoms with Crippen molar-refractivity contribution in [1.82, 2.24) is 4.98 Å². The lowest BCUT2D eigenvalue weighted by atomic mass is 10.1. The molecule has 0 spiro atoms. The number of aromatic nitrogens is 1. The molecule has 88 valence electrons. The Hall–Kier alpha value is -1.57. The largest absolute Gasteiger partial charge is 0.351 e. The second-order valence-corrected chi connectivity index (χ2v) is 5.74. The number of fused-ring (bicyclic) bond motifs is 2. The zero-order valence-electron chi connectivity index (χ0n) is 10.7. The topological polar surface area (TPSA) is 16.1 Å². The molecule has 1 aliphatic rings. The number of pyridine rings is 1. The fourth-order valence-corrected chi connectivity index (χ4v) is 2.56. The van der Waals surface area contributed by atoms with E-state index in [-0.39, 0.29) is 5.54 Å². The molecule has 3 rings (SSSR count). The summed E-state index contributed by atoms with van der Waals surface area (Å²) in [6.45, 7) is 7.83. The van der Waals surface area contributed by atoms with Crippen molar-refractivity contribution in [3.63, 3.8) is 0 Å². The summed E-state index contributed by atoms with van der Waals surface area (Å²) in [5.41, 5.74) is 2.64. The molecule has 0 aliphatic carbocycles. The molecule has 2 heterocycles. The predicted molar refractivity (Wildman–Crippen MR) is 72.5 cm³/mol. The summed E-state index contributed by atoms with van der Waals surface area (Å²) in [5.74, 6) is 1.18. The van der Waals surface area contributed by atoms with Gasteiger partial charge in [0.2, 0.25) is 0 Å². The maximum absolute atomic E-state index is 4.83. The molecule has 0 unspecified atom stereocenters. The lowest BCUT2D eigenvalue weighted by Crippen LogP contribution is -2.40. The van der Waals surface area contributed by atoms with Crippen molar-refractivity contribution < 1.29 is 0 Å². The lowest BCUT2D eigenvalue weighted by molar-refractivity contribution is 0.514. The van der Waals surface area contributed by atoms with E-state index in [1.54, 1.807) is 0 Å². The summed E-state index contributed by atoms with van der Waals surface area (Å²) < 4.78 is 0. The summed E-state index contributed by atoms with van der Waals surface area (Å²) in [6.07, 6.45) is 1.12. The first-order chi connectivity index (χ1) is 8.05. The number of anilines is 1. The number of nitrogens with zero attached hydrogens (tertiary/aromatic N) is 2. The summed E-state index contributed by atoms with van der Waals surface area (Å²) in [6, 6.07) is 10.7. The van der Waals surface area contributed by atoms with Crippen LogP contribution in [0, 0.1) is 0 Å². The quantitative estimate of drug-likeness (QED) is 0.684. The number of para-hydroxylation sites is 1. The van der Waals surface area contributed by atoms with Gasteiger partial charge in [0.15, 0.2) is 0 Å². The van der Waals surface area contributed by atoms with Crippen LogP contribution in [0.15, 0.2) is 30.3 Å². The van der Waals surface area contributed by atoms with E-state index in [2.05, 4.69) is 56.0 Å². The van der Waals surface area contributed by atoms with E-state index >= 15 is 0 Å². The molecular formula is C15H18N2. The number of hydrogen-bond donors (Lipinski definition) is 0. The molecule has 2 aromatic rings. The van der Waals surface area contributed by atoms with Gasteiger partial charge in [-0.2, -0.15) is 0 Å². The fraction of sp³-hybridized carbons (Fsp3) is 0.400. The van der Waals surface area contributed by atoms with Crippen molar-refractivity contribution in [2.45, 2.75) is 32.7 Å². The molecule has 2 nitrogen and oxygen atoms in total. The van der Waals surface area contributed by atoms with E-state index in [1.165, 1.54) is 16.8 Å². The van der Waals surface area contributed by atoms with Crippen molar-refractivity contribution in [3.8, 4) is 0 Å². The molecule has 0 atom stereocenters. The molecule has 2 heteroatoms. The second-order valence-electron chi connectivity index (χ2n) is 5.74. The van der Waals surface area contributed by atoms with Gasteiger partial charge in [-0.3, -0.25) is 0 Å². The van der Waals surface area contributed by atoms with Gasteiger partial charge in [0.1, 0.15) is 5.82 Å². The lowest BCUT2D eigenvalue weighted by Gasteiger charge is -2.33. The summed E-state index contributed by atoms with van der Waals surface area (Å²) in [7, 11) is 0. The van der Waals surface area contributed by atoms with Crippen molar-refractivity contribution in [2.24, 2.45) is 0 Å². The second kappa shape index (κ2) is 3.46. The van der Waals surface area contributed by atoms with E-state index in [0.717, 1.165) is 18.5 Å². The van der Waals surface area contributed by atoms with Crippen molar-refractivity contribution in [1.29, 1.82) is 0 Å². The zero-order valence-corrected chi connectivity index (χ0v) is 10.7. The first-order valence-electron chi connectivity index (χ1n) is 6.22. The molecule has 1 aromatic heterocycles. The Morgan fingerprint density at radius 1 is 1.18 bits per heavy atom. The Bertz CT molecular complexity index is 567. The predicted octanol–water partition coefficient (Wildman–Crippen LogP) is 3.40. The first kappa shape index (κ1) is 10.6. The molecule has 0 saturated heterocycles. The average molecular weight is 226 g/mol. The van der Waals surface area contributed by atoms with Crippen molar-refractivity contribution in [3.05, 3.63) is 35.9 Å². The fourth-order valence-electron chi connectivity index (χ4n) is 2.56. The first-order valence-corrected chi connectivity index (χ1v) is 6.22. The Labute approximate surface area is 102 Å². The van der Waals surface area contributed by atoms with Gasteiger partial charge in [-0.05, 0) is 44.9 Å². The van der Waals surface area contributed by atoms with E-state index in [9.17, 15) is 0 Å². The highest BCUT2D eigenvalue weighted by molar-refractivity contribution is 5.82. The van der Waals surface area contributed by atoms with Gasteiger partial charge in [0.25, 0.3) is 0 Å². The number of hydrogen-bond acceptors (Lipinski definition) is 2. The van der Waals surface area contributed by atoms with Crippen LogP contribution in [0.5, 0.6) is 0 Å². The van der Waals surface area contributed by atoms with E-state index in [4.69, 9.17) is 4.98 Å². The Balaban J connectivity index is 2.18. The van der Waals surface area contributed by atoms with Crippen LogP contribution in [0.25, 0.3) is 10.9 Å². The van der Waals surface area contributed by atoms with Gasteiger partial charge in [-0.1, -0.05) is 18.2 Å². The van der Waals surface area contributed by atoms with Crippen LogP contribution in [-0.4, -0.2) is 17.1 Å². The standard InChI is InChI=1S/C15H18N2/c1-15(2,3)17-9-8-12-10-11-6-4-5-7-13(11)16-14(12)17/h4-7,10H,8-9H2,1-3H3. The molecule has 0 N–H and O–H groups in total. The molecule has 0 bridgehead atoms. The maximum atomic E-state index is 4.83. The summed E-state index contributed by atoms with van der Waals surface area (Å²) >= 11 is 0. The minimum Gasteiger partial charge on any atom is -0.351 e. The minimum absolute atomic E-state index is 0.153. The van der Waals surface area contributed by atoms with Crippen LogP contribution < -0.4 is 4.90 Å². The van der Waals surface area contributed by atoms with Gasteiger partial charge >= 0.3 is 0 Å². The van der Waals surface area contributed by atoms with Crippen molar-refractivity contribution >= 4 is 16.7 Å². The molecule has 0 amide bonds. The monoisotopic (exact) mass is 226 g/mol. The third-order valence-electron chi connectivity index (χ3n) is 3.45. The smallest absolute Gasteiger partial charge is 0.132 e. The third kappa shape index (κ3) is 1.68. The van der Waals surface area contributed by atoms with Gasteiger partial charge in [-0.25, -0.2) is 4.98 Å². The molecule has 0 radical (unpaired) electrons. The summed E-state index contributed by atoms with van der Waals surface area (Å²) in [5, 5.41) is 1.25. The van der Waals surface area contributed by atoms with Crippen LogP contribution >= 0.6 is 0 Å². The molecule has 17 heavy (non-hydrogen) atoms. The molecule has 0 fully saturated rings. The zero-order chi connectivity index (χ0) is 12.0. The van der Waals surface area contributed by atoms with Crippen molar-refractivity contribution in [2.75, 3.05) is 11.4 Å². The SMILES string of the molecule is CC(C)(C)N1CCc2cc3ccccc3nc21. The number of rotatable bonds is 0. The van der Waals surface area contributed by atoms with Gasteiger partial charge in [0, 0.05) is 17.5 Å². The van der Waals surface area contributed by atoms with E-state index in [0.29, 0.717) is 0 Å². The van der Waals surface area contributed by atoms with Gasteiger partial charge < -0.3 is 4.90 Å². The number of benzene rings is 1. The Kier molecular flexibility index (Phi) is 2.15. The highest BCUT2D eigenvalue weighted by atomic mass is 15.3. The van der Waals surface area contributed by atoms with Gasteiger partial charge in [0.05, 0.1) is 5.52 Å². The molecule has 0 saturated carbocycles. The van der Waals surface area contributed by atoms with Crippen LogP contribution in [-0.2, 0) is 6.42 Å². The summed E-state index contributed by atoms with van der Waals surface area (Å²) in [4.78, 5) is 7.24. The normalized spacial score (nSPS) is 15.4. The third-order valence-corrected chi connectivity index (χ3v) is 3.45. The van der Waals surface area contributed by atoms with Gasteiger partial charge in [-0.15, -0.1) is 0 Å². The maximum Gasteiger partial charge on any atom is 0.132 e. The molecule has 1 aromatic carbocycles. The van der Waals surface area contributed by atoms with Crippen LogP contribution in [0.3, 0.4) is 0 Å².